The summed E-state index contributed by atoms with van der Waals surface area (Å²) in [6.45, 7) is 3.27. The van der Waals surface area contributed by atoms with E-state index >= 15 is 0 Å². The number of hydrogen-bond acceptors (Lipinski definition) is 3. The van der Waals surface area contributed by atoms with Crippen molar-refractivity contribution >= 4 is 35.6 Å². The Bertz CT molecular complexity index is 494. The third-order valence-electron chi connectivity index (χ3n) is 3.77. The molecule has 0 radical (unpaired) electrons. The summed E-state index contributed by atoms with van der Waals surface area (Å²) in [5, 5.41) is 5.96. The minimum Gasteiger partial charge on any atom is -0.325 e. The second-order valence-electron chi connectivity index (χ2n) is 5.45. The highest BCUT2D eigenvalue weighted by Gasteiger charge is 2.20. The molecule has 1 saturated heterocycles. The molecule has 1 amide bonds. The van der Waals surface area contributed by atoms with Gasteiger partial charge in [0.1, 0.15) is 5.82 Å². The fourth-order valence-electron chi connectivity index (χ4n) is 2.61. The van der Waals surface area contributed by atoms with Crippen molar-refractivity contribution in [2.45, 2.75) is 12.8 Å². The molecule has 0 aromatic heterocycles. The molecular formula is C15H22Cl2FN3O. The van der Waals surface area contributed by atoms with E-state index in [-0.39, 0.29) is 23.3 Å². The molecule has 1 heterocycles. The molecule has 0 bridgehead atoms. The van der Waals surface area contributed by atoms with E-state index in [1.807, 2.05) is 7.05 Å². The van der Waals surface area contributed by atoms with E-state index in [2.05, 4.69) is 15.5 Å². The lowest BCUT2D eigenvalue weighted by atomic mass is 9.97. The van der Waals surface area contributed by atoms with Crippen molar-refractivity contribution < 1.29 is 9.18 Å². The lowest BCUT2D eigenvalue weighted by molar-refractivity contribution is -0.117. The van der Waals surface area contributed by atoms with E-state index in [1.165, 1.54) is 18.2 Å². The Hall–Kier alpha value is -0.880. The summed E-state index contributed by atoms with van der Waals surface area (Å²) in [6.07, 6.45) is 2.22. The van der Waals surface area contributed by atoms with Crippen molar-refractivity contribution in [1.82, 2.24) is 10.2 Å². The van der Waals surface area contributed by atoms with Gasteiger partial charge in [-0.05, 0) is 63.6 Å². The van der Waals surface area contributed by atoms with Crippen molar-refractivity contribution in [2.24, 2.45) is 5.92 Å². The number of benzene rings is 1. The maximum absolute atomic E-state index is 13.1. The van der Waals surface area contributed by atoms with Crippen molar-refractivity contribution in [3.63, 3.8) is 0 Å². The summed E-state index contributed by atoms with van der Waals surface area (Å²) in [6, 6.07) is 4.19. The first-order valence-corrected chi connectivity index (χ1v) is 7.58. The topological polar surface area (TPSA) is 44.4 Å². The van der Waals surface area contributed by atoms with Crippen LogP contribution in [-0.2, 0) is 4.79 Å². The Balaban J connectivity index is 0.00000242. The Morgan fingerprint density at radius 3 is 2.68 bits per heavy atom. The largest absolute Gasteiger partial charge is 0.325 e. The molecule has 2 N–H and O–H groups in total. The first kappa shape index (κ1) is 19.2. The number of likely N-dealkylation sites (tertiary alicyclic amines) is 1. The van der Waals surface area contributed by atoms with Crippen LogP contribution in [0.4, 0.5) is 10.1 Å². The van der Waals surface area contributed by atoms with Crippen LogP contribution in [0, 0.1) is 11.7 Å². The minimum absolute atomic E-state index is 0. The summed E-state index contributed by atoms with van der Waals surface area (Å²) in [5.74, 6) is 0.122. The predicted molar refractivity (Wildman–Crippen MR) is 90.4 cm³/mol. The Labute approximate surface area is 141 Å². The average molecular weight is 350 g/mol. The van der Waals surface area contributed by atoms with Gasteiger partial charge in [0.2, 0.25) is 5.91 Å². The molecule has 1 aromatic rings. The predicted octanol–water partition coefficient (Wildman–Crippen LogP) is 2.77. The van der Waals surface area contributed by atoms with Gasteiger partial charge in [-0.1, -0.05) is 11.6 Å². The molecule has 2 rings (SSSR count). The number of halogens is 3. The van der Waals surface area contributed by atoms with Gasteiger partial charge in [-0.2, -0.15) is 0 Å². The van der Waals surface area contributed by atoms with Crippen LogP contribution in [0.3, 0.4) is 0 Å². The molecular weight excluding hydrogens is 328 g/mol. The number of carbonyl (C=O) groups excluding carboxylic acids is 1. The number of rotatable bonds is 5. The molecule has 22 heavy (non-hydrogen) atoms. The van der Waals surface area contributed by atoms with Crippen LogP contribution in [0.2, 0.25) is 5.02 Å². The zero-order chi connectivity index (χ0) is 15.2. The van der Waals surface area contributed by atoms with Crippen molar-refractivity contribution in [3.05, 3.63) is 29.0 Å². The number of carbonyl (C=O) groups is 1. The summed E-state index contributed by atoms with van der Waals surface area (Å²) < 4.78 is 13.1. The van der Waals surface area contributed by atoms with Gasteiger partial charge in [0.25, 0.3) is 0 Å². The van der Waals surface area contributed by atoms with Crippen molar-refractivity contribution in [2.75, 3.05) is 38.5 Å². The monoisotopic (exact) mass is 349 g/mol. The molecule has 1 aromatic carbocycles. The lowest BCUT2D eigenvalue weighted by Gasteiger charge is -2.31. The van der Waals surface area contributed by atoms with Gasteiger partial charge in [0.15, 0.2) is 0 Å². The summed E-state index contributed by atoms with van der Waals surface area (Å²) >= 11 is 5.69. The second-order valence-corrected chi connectivity index (χ2v) is 5.86. The highest BCUT2D eigenvalue weighted by molar-refractivity contribution is 6.31. The Morgan fingerprint density at radius 1 is 1.41 bits per heavy atom. The van der Waals surface area contributed by atoms with Crippen LogP contribution in [0.25, 0.3) is 0 Å². The number of nitrogens with one attached hydrogen (secondary N) is 2. The lowest BCUT2D eigenvalue weighted by Crippen LogP contribution is -2.40. The highest BCUT2D eigenvalue weighted by Crippen LogP contribution is 2.20. The molecule has 0 spiro atoms. The van der Waals surface area contributed by atoms with E-state index in [4.69, 9.17) is 11.6 Å². The molecule has 1 aliphatic rings. The van der Waals surface area contributed by atoms with Gasteiger partial charge in [0, 0.05) is 5.69 Å². The molecule has 7 heteroatoms. The first-order chi connectivity index (χ1) is 10.1. The Morgan fingerprint density at radius 2 is 2.09 bits per heavy atom. The molecule has 4 nitrogen and oxygen atoms in total. The van der Waals surface area contributed by atoms with Gasteiger partial charge in [-0.3, -0.25) is 9.69 Å². The number of piperidine rings is 1. The van der Waals surface area contributed by atoms with Crippen LogP contribution >= 0.6 is 24.0 Å². The van der Waals surface area contributed by atoms with Gasteiger partial charge >= 0.3 is 0 Å². The summed E-state index contributed by atoms with van der Waals surface area (Å²) in [5.41, 5.74) is 0.525. The number of anilines is 1. The zero-order valence-corrected chi connectivity index (χ0v) is 14.1. The van der Waals surface area contributed by atoms with Crippen LogP contribution < -0.4 is 10.6 Å². The zero-order valence-electron chi connectivity index (χ0n) is 12.6. The van der Waals surface area contributed by atoms with Crippen LogP contribution in [0.5, 0.6) is 0 Å². The normalized spacial score (nSPS) is 16.1. The van der Waals surface area contributed by atoms with E-state index in [0.717, 1.165) is 32.5 Å². The first-order valence-electron chi connectivity index (χ1n) is 7.20. The summed E-state index contributed by atoms with van der Waals surface area (Å²) in [4.78, 5) is 14.1. The average Bonchev–Trinajstić information content (AvgIpc) is 2.45. The fourth-order valence-corrected chi connectivity index (χ4v) is 2.80. The molecule has 1 aliphatic heterocycles. The number of amides is 1. The van der Waals surface area contributed by atoms with Gasteiger partial charge in [-0.15, -0.1) is 12.4 Å². The van der Waals surface area contributed by atoms with Crippen molar-refractivity contribution in [1.29, 1.82) is 0 Å². The quantitative estimate of drug-likeness (QED) is 0.858. The molecule has 0 atom stereocenters. The van der Waals surface area contributed by atoms with Crippen LogP contribution in [0.1, 0.15) is 12.8 Å². The third-order valence-corrected chi connectivity index (χ3v) is 4.06. The minimum atomic E-state index is -0.485. The smallest absolute Gasteiger partial charge is 0.238 e. The third kappa shape index (κ3) is 5.72. The van der Waals surface area contributed by atoms with Crippen molar-refractivity contribution in [3.8, 4) is 0 Å². The maximum Gasteiger partial charge on any atom is 0.238 e. The van der Waals surface area contributed by atoms with Crippen LogP contribution in [-0.4, -0.2) is 44.0 Å². The van der Waals surface area contributed by atoms with Gasteiger partial charge < -0.3 is 10.6 Å². The summed E-state index contributed by atoms with van der Waals surface area (Å²) in [7, 11) is 1.97. The maximum atomic E-state index is 13.1. The fraction of sp³-hybridized carbons (Fsp3) is 0.533. The van der Waals surface area contributed by atoms with E-state index in [0.29, 0.717) is 18.2 Å². The van der Waals surface area contributed by atoms with E-state index in [1.54, 1.807) is 0 Å². The Kier molecular flexibility index (Phi) is 8.10. The number of hydrogen-bond donors (Lipinski definition) is 2. The molecule has 0 saturated carbocycles. The van der Waals surface area contributed by atoms with Gasteiger partial charge in [0.05, 0.1) is 11.6 Å². The van der Waals surface area contributed by atoms with E-state index in [9.17, 15) is 9.18 Å². The molecule has 0 aliphatic carbocycles. The van der Waals surface area contributed by atoms with Gasteiger partial charge in [-0.25, -0.2) is 4.39 Å². The van der Waals surface area contributed by atoms with E-state index < -0.39 is 5.82 Å². The molecule has 1 fully saturated rings. The SMILES string of the molecule is CNCC1CCN(CC(=O)Nc2ccc(F)c(Cl)c2)CC1.Cl. The second kappa shape index (κ2) is 9.30. The number of nitrogens with zero attached hydrogens (tertiary/aromatic N) is 1. The highest BCUT2D eigenvalue weighted by atomic mass is 35.5. The van der Waals surface area contributed by atoms with Crippen LogP contribution in [0.15, 0.2) is 18.2 Å². The standard InChI is InChI=1S/C15H21ClFN3O.ClH/c1-18-9-11-4-6-20(7-5-11)10-15(21)19-12-2-3-14(17)13(16)8-12;/h2-3,8,11,18H,4-7,9-10H2,1H3,(H,19,21);1H. The molecule has 0 unspecified atom stereocenters. The molecule has 124 valence electrons.